The molecule has 1 unspecified atom stereocenters. The van der Waals surface area contributed by atoms with Crippen LogP contribution in [-0.4, -0.2) is 35.1 Å². The Morgan fingerprint density at radius 1 is 1.33 bits per heavy atom. The van der Waals surface area contributed by atoms with E-state index in [1.165, 1.54) is 0 Å². The Kier molecular flexibility index (Phi) is 2.75. The summed E-state index contributed by atoms with van der Waals surface area (Å²) in [4.78, 5) is 13.4. The van der Waals surface area contributed by atoms with Crippen LogP contribution in [0.5, 0.6) is 0 Å². The number of nitrogens with zero attached hydrogens (tertiary/aromatic N) is 1. The maximum atomic E-state index is 11.2. The van der Waals surface area contributed by atoms with E-state index in [1.807, 2.05) is 0 Å². The number of aliphatic carboxylic acids is 1. The summed E-state index contributed by atoms with van der Waals surface area (Å²) in [5.74, 6) is -0.180. The third kappa shape index (κ3) is 2.51. The summed E-state index contributed by atoms with van der Waals surface area (Å²) < 4.78 is 0. The predicted molar refractivity (Wildman–Crippen MR) is 58.7 cm³/mol. The monoisotopic (exact) mass is 211 g/mol. The van der Waals surface area contributed by atoms with Crippen molar-refractivity contribution >= 4 is 5.97 Å². The second-order valence-corrected chi connectivity index (χ2v) is 5.82. The van der Waals surface area contributed by atoms with E-state index in [1.54, 1.807) is 0 Å². The maximum Gasteiger partial charge on any atom is 0.321 e. The Bertz CT molecular complexity index is 248. The summed E-state index contributed by atoms with van der Waals surface area (Å²) in [6, 6.07) is -0.193. The SMILES string of the molecule is CC1(C)CCN(C(C(=O)O)C2CC2)CC1. The number of likely N-dealkylation sites (tertiary alicyclic amines) is 1. The van der Waals surface area contributed by atoms with Crippen LogP contribution >= 0.6 is 0 Å². The van der Waals surface area contributed by atoms with E-state index in [4.69, 9.17) is 0 Å². The van der Waals surface area contributed by atoms with Gasteiger partial charge >= 0.3 is 5.97 Å². The molecule has 2 rings (SSSR count). The molecule has 15 heavy (non-hydrogen) atoms. The van der Waals surface area contributed by atoms with Crippen molar-refractivity contribution in [1.29, 1.82) is 0 Å². The van der Waals surface area contributed by atoms with Crippen LogP contribution in [0.2, 0.25) is 0 Å². The molecule has 0 radical (unpaired) electrons. The third-order valence-electron chi connectivity index (χ3n) is 3.87. The van der Waals surface area contributed by atoms with Gasteiger partial charge in [-0.1, -0.05) is 13.8 Å². The minimum Gasteiger partial charge on any atom is -0.480 e. The lowest BCUT2D eigenvalue weighted by atomic mass is 9.82. The zero-order chi connectivity index (χ0) is 11.1. The molecule has 2 fully saturated rings. The molecule has 0 spiro atoms. The second-order valence-electron chi connectivity index (χ2n) is 5.82. The first-order valence-electron chi connectivity index (χ1n) is 5.96. The number of rotatable bonds is 3. The van der Waals surface area contributed by atoms with Gasteiger partial charge in [-0.2, -0.15) is 0 Å². The molecule has 2 aliphatic rings. The van der Waals surface area contributed by atoms with Crippen molar-refractivity contribution in [3.63, 3.8) is 0 Å². The number of carboxylic acids is 1. The lowest BCUT2D eigenvalue weighted by molar-refractivity contribution is -0.145. The van der Waals surface area contributed by atoms with E-state index < -0.39 is 5.97 Å². The molecular formula is C12H21NO2. The molecule has 1 saturated carbocycles. The molecule has 0 aromatic rings. The van der Waals surface area contributed by atoms with Gasteiger partial charge in [0.25, 0.3) is 0 Å². The van der Waals surface area contributed by atoms with E-state index in [-0.39, 0.29) is 6.04 Å². The number of piperidine rings is 1. The van der Waals surface area contributed by atoms with Gasteiger partial charge in [-0.05, 0) is 50.1 Å². The van der Waals surface area contributed by atoms with E-state index in [2.05, 4.69) is 18.7 Å². The highest BCUT2D eigenvalue weighted by Crippen LogP contribution is 2.38. The summed E-state index contributed by atoms with van der Waals surface area (Å²) in [7, 11) is 0. The van der Waals surface area contributed by atoms with Gasteiger partial charge in [-0.25, -0.2) is 0 Å². The minimum atomic E-state index is -0.614. The molecular weight excluding hydrogens is 190 g/mol. The maximum absolute atomic E-state index is 11.2. The average molecular weight is 211 g/mol. The zero-order valence-corrected chi connectivity index (χ0v) is 9.70. The minimum absolute atomic E-state index is 0.193. The lowest BCUT2D eigenvalue weighted by Gasteiger charge is -2.39. The first kappa shape index (κ1) is 10.9. The molecule has 1 atom stereocenters. The molecule has 1 saturated heterocycles. The smallest absolute Gasteiger partial charge is 0.321 e. The summed E-state index contributed by atoms with van der Waals surface area (Å²) in [6.45, 7) is 6.47. The summed E-state index contributed by atoms with van der Waals surface area (Å²) in [6.07, 6.45) is 4.47. The largest absolute Gasteiger partial charge is 0.480 e. The topological polar surface area (TPSA) is 40.5 Å². The number of hydrogen-bond donors (Lipinski definition) is 1. The number of carbonyl (C=O) groups is 1. The molecule has 0 aromatic carbocycles. The fourth-order valence-corrected chi connectivity index (χ4v) is 2.48. The Morgan fingerprint density at radius 3 is 2.27 bits per heavy atom. The van der Waals surface area contributed by atoms with Gasteiger partial charge in [0.1, 0.15) is 6.04 Å². The van der Waals surface area contributed by atoms with Crippen LogP contribution in [0.3, 0.4) is 0 Å². The molecule has 0 amide bonds. The normalized spacial score (nSPS) is 28.7. The van der Waals surface area contributed by atoms with E-state index in [0.717, 1.165) is 38.8 Å². The van der Waals surface area contributed by atoms with Gasteiger partial charge in [-0.15, -0.1) is 0 Å². The fraction of sp³-hybridized carbons (Fsp3) is 0.917. The molecule has 1 N–H and O–H groups in total. The average Bonchev–Trinajstić information content (AvgIpc) is 2.92. The van der Waals surface area contributed by atoms with Gasteiger partial charge in [0.15, 0.2) is 0 Å². The Morgan fingerprint density at radius 2 is 1.87 bits per heavy atom. The van der Waals surface area contributed by atoms with E-state index in [0.29, 0.717) is 11.3 Å². The van der Waals surface area contributed by atoms with Crippen LogP contribution in [0, 0.1) is 11.3 Å². The van der Waals surface area contributed by atoms with Gasteiger partial charge in [0.05, 0.1) is 0 Å². The van der Waals surface area contributed by atoms with Gasteiger partial charge in [0.2, 0.25) is 0 Å². The molecule has 0 aromatic heterocycles. The number of carboxylic acid groups (broad SMARTS) is 1. The van der Waals surface area contributed by atoms with E-state index in [9.17, 15) is 9.90 Å². The highest BCUT2D eigenvalue weighted by molar-refractivity contribution is 5.74. The van der Waals surface area contributed by atoms with Crippen molar-refractivity contribution in [2.24, 2.45) is 11.3 Å². The van der Waals surface area contributed by atoms with Crippen LogP contribution in [0.1, 0.15) is 39.5 Å². The molecule has 86 valence electrons. The highest BCUT2D eigenvalue weighted by Gasteiger charge is 2.42. The highest BCUT2D eigenvalue weighted by atomic mass is 16.4. The van der Waals surface area contributed by atoms with Gasteiger partial charge in [-0.3, -0.25) is 9.69 Å². The third-order valence-corrected chi connectivity index (χ3v) is 3.87. The van der Waals surface area contributed by atoms with Gasteiger partial charge in [0, 0.05) is 0 Å². The molecule has 0 bridgehead atoms. The van der Waals surface area contributed by atoms with Crippen LogP contribution in [0.15, 0.2) is 0 Å². The summed E-state index contributed by atoms with van der Waals surface area (Å²) in [5.41, 5.74) is 0.406. The van der Waals surface area contributed by atoms with E-state index >= 15 is 0 Å². The molecule has 1 heterocycles. The Balaban J connectivity index is 1.95. The first-order chi connectivity index (χ1) is 6.99. The summed E-state index contributed by atoms with van der Waals surface area (Å²) >= 11 is 0. The van der Waals surface area contributed by atoms with Crippen molar-refractivity contribution in [2.75, 3.05) is 13.1 Å². The molecule has 3 nitrogen and oxygen atoms in total. The molecule has 1 aliphatic carbocycles. The summed E-state index contributed by atoms with van der Waals surface area (Å²) in [5, 5.41) is 9.22. The van der Waals surface area contributed by atoms with Crippen molar-refractivity contribution in [3.05, 3.63) is 0 Å². The van der Waals surface area contributed by atoms with Crippen LogP contribution in [0.25, 0.3) is 0 Å². The van der Waals surface area contributed by atoms with Crippen LogP contribution < -0.4 is 0 Å². The lowest BCUT2D eigenvalue weighted by Crippen LogP contribution is -2.48. The van der Waals surface area contributed by atoms with Crippen molar-refractivity contribution in [2.45, 2.75) is 45.6 Å². The molecule has 3 heteroatoms. The Hall–Kier alpha value is -0.570. The van der Waals surface area contributed by atoms with Crippen LogP contribution in [0.4, 0.5) is 0 Å². The quantitative estimate of drug-likeness (QED) is 0.776. The Labute approximate surface area is 91.5 Å². The zero-order valence-electron chi connectivity index (χ0n) is 9.70. The fourth-order valence-electron chi connectivity index (χ4n) is 2.48. The van der Waals surface area contributed by atoms with Crippen molar-refractivity contribution < 1.29 is 9.90 Å². The first-order valence-corrected chi connectivity index (χ1v) is 5.96. The molecule has 1 aliphatic heterocycles. The van der Waals surface area contributed by atoms with Crippen LogP contribution in [-0.2, 0) is 4.79 Å². The second kappa shape index (κ2) is 3.78. The van der Waals surface area contributed by atoms with Crippen molar-refractivity contribution in [3.8, 4) is 0 Å². The predicted octanol–water partition coefficient (Wildman–Crippen LogP) is 1.97. The number of hydrogen-bond acceptors (Lipinski definition) is 2. The van der Waals surface area contributed by atoms with Gasteiger partial charge < -0.3 is 5.11 Å². The standard InChI is InChI=1S/C12H21NO2/c1-12(2)5-7-13(8-6-12)10(11(14)15)9-3-4-9/h9-10H,3-8H2,1-2H3,(H,14,15). The van der Waals surface area contributed by atoms with Crippen molar-refractivity contribution in [1.82, 2.24) is 4.90 Å².